The van der Waals surface area contributed by atoms with Gasteiger partial charge >= 0.3 is 15.6 Å². The molecule has 1 saturated carbocycles. The Morgan fingerprint density at radius 3 is 2.49 bits per heavy atom. The molecule has 1 fully saturated rings. The van der Waals surface area contributed by atoms with Crippen molar-refractivity contribution in [2.24, 2.45) is 0 Å². The fraction of sp³-hybridized carbons (Fsp3) is 0.276. The molecule has 4 aromatic rings. The van der Waals surface area contributed by atoms with Crippen LogP contribution in [-0.4, -0.2) is 25.2 Å². The van der Waals surface area contributed by atoms with Gasteiger partial charge in [0.1, 0.15) is 16.5 Å². The van der Waals surface area contributed by atoms with Gasteiger partial charge in [-0.1, -0.05) is 17.7 Å². The van der Waals surface area contributed by atoms with E-state index in [2.05, 4.69) is 14.5 Å². The first kappa shape index (κ1) is 30.5. The maximum atomic E-state index is 15.7. The number of anilines is 1. The molecule has 5 rings (SSSR count). The molecule has 1 aliphatic carbocycles. The summed E-state index contributed by atoms with van der Waals surface area (Å²) in [6.45, 7) is 5.30. The number of rotatable bonds is 8. The average Bonchev–Trinajstić information content (AvgIpc) is 3.77. The van der Waals surface area contributed by atoms with Gasteiger partial charge in [0, 0.05) is 22.6 Å². The number of carbonyl (C=O) groups excluding carboxylic acids is 1. The van der Waals surface area contributed by atoms with Crippen molar-refractivity contribution < 1.29 is 39.4 Å². The van der Waals surface area contributed by atoms with E-state index in [1.807, 2.05) is 13.0 Å². The molecule has 226 valence electrons. The monoisotopic (exact) mass is 638 g/mol. The van der Waals surface area contributed by atoms with Gasteiger partial charge < -0.3 is 13.9 Å². The lowest BCUT2D eigenvalue weighted by Crippen LogP contribution is -2.28. The van der Waals surface area contributed by atoms with Gasteiger partial charge in [-0.05, 0) is 69.5 Å². The van der Waals surface area contributed by atoms with Crippen LogP contribution in [0.5, 0.6) is 5.75 Å². The zero-order chi connectivity index (χ0) is 31.4. The maximum Gasteiger partial charge on any atom is 0.534 e. The molecule has 1 aliphatic rings. The molecule has 43 heavy (non-hydrogen) atoms. The van der Waals surface area contributed by atoms with Crippen LogP contribution in [0.4, 0.5) is 23.2 Å². The molecule has 0 saturated heterocycles. The number of alkyl halides is 3. The van der Waals surface area contributed by atoms with Crippen molar-refractivity contribution in [3.8, 4) is 17.0 Å². The second kappa shape index (κ2) is 10.9. The van der Waals surface area contributed by atoms with E-state index in [4.69, 9.17) is 16.0 Å². The molecule has 0 radical (unpaired) electrons. The summed E-state index contributed by atoms with van der Waals surface area (Å²) in [4.78, 5) is 28.8. The number of aromatic nitrogens is 1. The zero-order valence-electron chi connectivity index (χ0n) is 22.8. The van der Waals surface area contributed by atoms with Crippen LogP contribution in [0.15, 0.2) is 45.6 Å². The Kier molecular flexibility index (Phi) is 7.76. The van der Waals surface area contributed by atoms with Gasteiger partial charge in [-0.2, -0.15) is 21.6 Å². The Morgan fingerprint density at radius 1 is 1.16 bits per heavy atom. The van der Waals surface area contributed by atoms with Gasteiger partial charge in [0.15, 0.2) is 23.3 Å². The Morgan fingerprint density at radius 2 is 1.86 bits per heavy atom. The Hall–Kier alpha value is -3.97. The highest BCUT2D eigenvalue weighted by molar-refractivity contribution is 7.88. The summed E-state index contributed by atoms with van der Waals surface area (Å²) in [5, 5.41) is 3.43. The van der Waals surface area contributed by atoms with Crippen LogP contribution in [-0.2, 0) is 10.1 Å². The van der Waals surface area contributed by atoms with Crippen LogP contribution in [0.3, 0.4) is 0 Å². The fourth-order valence-electron chi connectivity index (χ4n) is 4.80. The van der Waals surface area contributed by atoms with Gasteiger partial charge in [0.2, 0.25) is 0 Å². The van der Waals surface area contributed by atoms with E-state index in [-0.39, 0.29) is 34.2 Å². The van der Waals surface area contributed by atoms with Crippen LogP contribution < -0.4 is 14.9 Å². The minimum atomic E-state index is -6.31. The summed E-state index contributed by atoms with van der Waals surface area (Å²) >= 11 is 6.08. The molecule has 0 amide bonds. The number of halogens is 5. The number of pyridine rings is 1. The first-order valence-electron chi connectivity index (χ1n) is 12.9. The minimum Gasteiger partial charge on any atom is -0.460 e. The fourth-order valence-corrected chi connectivity index (χ4v) is 5.43. The molecule has 0 aliphatic heterocycles. The summed E-state index contributed by atoms with van der Waals surface area (Å²) in [5.41, 5.74) is -5.06. The summed E-state index contributed by atoms with van der Waals surface area (Å²) in [7, 11) is -6.31. The number of nitrogens with one attached hydrogen (secondary N) is 1. The topological polar surface area (TPSA) is 116 Å². The number of carbonyl (C=O) groups is 1. The molecule has 0 bridgehead atoms. The van der Waals surface area contributed by atoms with Crippen molar-refractivity contribution in [1.82, 2.24) is 4.98 Å². The molecule has 8 nitrogen and oxygen atoms in total. The maximum absolute atomic E-state index is 15.7. The van der Waals surface area contributed by atoms with Crippen molar-refractivity contribution >= 4 is 44.7 Å². The number of fused-ring (bicyclic) bond motifs is 1. The number of aldehydes is 1. The molecule has 2 heterocycles. The highest BCUT2D eigenvalue weighted by atomic mass is 35.5. The number of nitrogens with zero attached hydrogens (tertiary/aromatic N) is 1. The van der Waals surface area contributed by atoms with Crippen LogP contribution in [0.2, 0.25) is 5.15 Å². The molecule has 0 spiro atoms. The summed E-state index contributed by atoms with van der Waals surface area (Å²) in [6.07, 6.45) is 1.78. The lowest BCUT2D eigenvalue weighted by atomic mass is 9.99. The van der Waals surface area contributed by atoms with Gasteiger partial charge in [-0.25, -0.2) is 9.37 Å². The van der Waals surface area contributed by atoms with E-state index in [0.29, 0.717) is 27.9 Å². The molecule has 2 aromatic carbocycles. The van der Waals surface area contributed by atoms with Crippen molar-refractivity contribution in [1.29, 1.82) is 0 Å². The van der Waals surface area contributed by atoms with Crippen LogP contribution in [0, 0.1) is 19.7 Å². The lowest BCUT2D eigenvalue weighted by Gasteiger charge is -2.21. The van der Waals surface area contributed by atoms with E-state index in [0.717, 1.165) is 30.5 Å². The summed E-state index contributed by atoms with van der Waals surface area (Å²) < 4.78 is 88.3. The van der Waals surface area contributed by atoms with Crippen LogP contribution in [0.25, 0.3) is 22.2 Å². The van der Waals surface area contributed by atoms with E-state index < -0.39 is 44.4 Å². The second-order valence-electron chi connectivity index (χ2n) is 10.3. The Bertz CT molecular complexity index is 1960. The molecular formula is C29H23ClF4N2O6S. The molecule has 14 heteroatoms. The highest BCUT2D eigenvalue weighted by Crippen LogP contribution is 2.43. The molecule has 1 atom stereocenters. The third-order valence-corrected chi connectivity index (χ3v) is 8.23. The van der Waals surface area contributed by atoms with Gasteiger partial charge in [-0.3, -0.25) is 9.59 Å². The number of benzene rings is 2. The largest absolute Gasteiger partial charge is 0.534 e. The van der Waals surface area contributed by atoms with Crippen molar-refractivity contribution in [3.63, 3.8) is 0 Å². The Balaban J connectivity index is 1.61. The SMILES string of the molecule is Cc1cc(C(C)Nc2ccc(Cl)nc2-c2ccc(C=O)c(OS(=O)(=O)C(F)(F)F)c2F)c2oc(C3CC3)c(C)c(=O)c2c1. The number of hydrogen-bond donors (Lipinski definition) is 1. The first-order valence-corrected chi connectivity index (χ1v) is 14.7. The third kappa shape index (κ3) is 5.70. The summed E-state index contributed by atoms with van der Waals surface area (Å²) in [6, 6.07) is 7.71. The number of hydrogen-bond acceptors (Lipinski definition) is 8. The summed E-state index contributed by atoms with van der Waals surface area (Å²) in [5.74, 6) is -2.24. The molecule has 1 N–H and O–H groups in total. The van der Waals surface area contributed by atoms with Crippen molar-refractivity contribution in [3.05, 3.63) is 85.6 Å². The molecular weight excluding hydrogens is 616 g/mol. The zero-order valence-corrected chi connectivity index (χ0v) is 24.4. The van der Waals surface area contributed by atoms with E-state index in [1.165, 1.54) is 12.1 Å². The molecule has 1 unspecified atom stereocenters. The predicted molar refractivity (Wildman–Crippen MR) is 152 cm³/mol. The number of aryl methyl sites for hydroxylation is 1. The van der Waals surface area contributed by atoms with Gasteiger partial charge in [0.05, 0.1) is 28.4 Å². The van der Waals surface area contributed by atoms with Gasteiger partial charge in [0.25, 0.3) is 0 Å². The minimum absolute atomic E-state index is 0.0467. The van der Waals surface area contributed by atoms with E-state index in [1.54, 1.807) is 19.9 Å². The standard InChI is InChI=1S/C29H23ClF4N2O6S/c1-13-10-19(28-20(11-13)25(38)14(2)26(41-28)16-4-5-16)15(3)35-21-8-9-22(30)36-24(21)18-7-6-17(12-37)27(23(18)31)42-43(39,40)29(32,33)34/h6-12,15-16,35H,4-5H2,1-3H3. The third-order valence-electron chi connectivity index (χ3n) is 7.06. The predicted octanol–water partition coefficient (Wildman–Crippen LogP) is 7.36. The molecule has 2 aromatic heterocycles. The van der Waals surface area contributed by atoms with E-state index >= 15 is 4.39 Å². The quantitative estimate of drug-likeness (QED) is 0.0700. The average molecular weight is 639 g/mol. The van der Waals surface area contributed by atoms with Crippen LogP contribution in [0.1, 0.15) is 64.5 Å². The highest BCUT2D eigenvalue weighted by Gasteiger charge is 2.49. The van der Waals surface area contributed by atoms with Crippen molar-refractivity contribution in [2.75, 3.05) is 5.32 Å². The lowest BCUT2D eigenvalue weighted by molar-refractivity contribution is -0.0501. The smallest absolute Gasteiger partial charge is 0.460 e. The van der Waals surface area contributed by atoms with Gasteiger partial charge in [-0.15, -0.1) is 0 Å². The Labute approximate surface area is 247 Å². The second-order valence-corrected chi connectivity index (χ2v) is 12.2. The van der Waals surface area contributed by atoms with Crippen LogP contribution >= 0.6 is 11.6 Å². The van der Waals surface area contributed by atoms with E-state index in [9.17, 15) is 31.2 Å². The van der Waals surface area contributed by atoms with Crippen molar-refractivity contribution in [2.45, 2.75) is 51.1 Å². The first-order chi connectivity index (χ1) is 20.1. The normalized spacial score (nSPS) is 14.5.